The van der Waals surface area contributed by atoms with Gasteiger partial charge in [0.05, 0.1) is 0 Å². The van der Waals surface area contributed by atoms with Crippen molar-refractivity contribution in [1.82, 2.24) is 10.3 Å². The van der Waals surface area contributed by atoms with Crippen LogP contribution in [0.5, 0.6) is 0 Å². The van der Waals surface area contributed by atoms with Crippen molar-refractivity contribution < 1.29 is 4.79 Å². The molecule has 2 rings (SSSR count). The van der Waals surface area contributed by atoms with Crippen molar-refractivity contribution in [2.24, 2.45) is 0 Å². The minimum Gasteiger partial charge on any atom is -0.337 e. The van der Waals surface area contributed by atoms with E-state index in [0.717, 1.165) is 12.0 Å². The Kier molecular flexibility index (Phi) is 4.71. The fraction of sp³-hybridized carbons (Fsp3) is 0.250. The van der Waals surface area contributed by atoms with Gasteiger partial charge in [-0.2, -0.15) is 0 Å². The van der Waals surface area contributed by atoms with Crippen LogP contribution in [0.2, 0.25) is 0 Å². The molecule has 1 aromatic carbocycles. The van der Waals surface area contributed by atoms with Gasteiger partial charge < -0.3 is 5.32 Å². The van der Waals surface area contributed by atoms with Crippen molar-refractivity contribution in [3.8, 4) is 0 Å². The molecule has 0 aliphatic rings. The van der Waals surface area contributed by atoms with Crippen LogP contribution in [0.1, 0.15) is 16.7 Å². The van der Waals surface area contributed by atoms with E-state index in [9.17, 15) is 4.79 Å². The molecule has 2 amide bonds. The third-order valence-corrected chi connectivity index (χ3v) is 3.18. The average molecular weight is 269 g/mol. The number of pyridine rings is 1. The van der Waals surface area contributed by atoms with Gasteiger partial charge in [0.25, 0.3) is 0 Å². The third kappa shape index (κ3) is 3.82. The highest BCUT2D eigenvalue weighted by Gasteiger charge is 2.04. The quantitative estimate of drug-likeness (QED) is 0.896. The second kappa shape index (κ2) is 6.70. The Labute approximate surface area is 119 Å². The van der Waals surface area contributed by atoms with Crippen molar-refractivity contribution in [2.75, 3.05) is 11.9 Å². The molecule has 0 atom stereocenters. The minimum atomic E-state index is -0.222. The number of aryl methyl sites for hydroxylation is 2. The van der Waals surface area contributed by atoms with Crippen LogP contribution in [-0.2, 0) is 6.42 Å². The molecule has 0 fully saturated rings. The molecule has 2 N–H and O–H groups in total. The van der Waals surface area contributed by atoms with E-state index in [4.69, 9.17) is 0 Å². The highest BCUT2D eigenvalue weighted by atomic mass is 16.2. The Morgan fingerprint density at radius 2 is 1.85 bits per heavy atom. The highest BCUT2D eigenvalue weighted by molar-refractivity contribution is 5.88. The highest BCUT2D eigenvalue weighted by Crippen LogP contribution is 2.09. The number of amides is 2. The van der Waals surface area contributed by atoms with Crippen molar-refractivity contribution in [3.05, 3.63) is 59.3 Å². The predicted octanol–water partition coefficient (Wildman–Crippen LogP) is 3.06. The molecular formula is C16H19N3O. The Hall–Kier alpha value is -2.36. The molecule has 0 unspecified atom stereocenters. The Morgan fingerprint density at radius 3 is 2.60 bits per heavy atom. The van der Waals surface area contributed by atoms with Crippen molar-refractivity contribution in [1.29, 1.82) is 0 Å². The molecule has 0 saturated carbocycles. The first kappa shape index (κ1) is 14.1. The van der Waals surface area contributed by atoms with Gasteiger partial charge in [0, 0.05) is 12.7 Å². The number of rotatable bonds is 4. The van der Waals surface area contributed by atoms with Gasteiger partial charge >= 0.3 is 6.03 Å². The van der Waals surface area contributed by atoms with Crippen LogP contribution >= 0.6 is 0 Å². The van der Waals surface area contributed by atoms with E-state index in [1.807, 2.05) is 31.2 Å². The number of hydrogen-bond donors (Lipinski definition) is 2. The predicted molar refractivity (Wildman–Crippen MR) is 80.9 cm³/mol. The van der Waals surface area contributed by atoms with Crippen molar-refractivity contribution in [3.63, 3.8) is 0 Å². The first-order valence-electron chi connectivity index (χ1n) is 6.68. The zero-order chi connectivity index (χ0) is 14.4. The SMILES string of the molecule is Cc1ccccc1CCNC(=O)Nc1ncccc1C. The number of nitrogens with one attached hydrogen (secondary N) is 2. The fourth-order valence-corrected chi connectivity index (χ4v) is 1.97. The number of hydrogen-bond acceptors (Lipinski definition) is 2. The topological polar surface area (TPSA) is 54.0 Å². The van der Waals surface area contributed by atoms with Crippen molar-refractivity contribution >= 4 is 11.8 Å². The van der Waals surface area contributed by atoms with Gasteiger partial charge in [0.15, 0.2) is 0 Å². The smallest absolute Gasteiger partial charge is 0.320 e. The Balaban J connectivity index is 1.82. The van der Waals surface area contributed by atoms with Crippen molar-refractivity contribution in [2.45, 2.75) is 20.3 Å². The second-order valence-electron chi connectivity index (χ2n) is 4.73. The van der Waals surface area contributed by atoms with Crippen LogP contribution in [0.25, 0.3) is 0 Å². The summed E-state index contributed by atoms with van der Waals surface area (Å²) in [6.07, 6.45) is 2.48. The van der Waals surface area contributed by atoms with Gasteiger partial charge in [0.2, 0.25) is 0 Å². The van der Waals surface area contributed by atoms with E-state index < -0.39 is 0 Å². The van der Waals surface area contributed by atoms with Gasteiger partial charge in [-0.15, -0.1) is 0 Å². The zero-order valence-corrected chi connectivity index (χ0v) is 11.8. The summed E-state index contributed by atoms with van der Waals surface area (Å²) in [6, 6.07) is 11.7. The lowest BCUT2D eigenvalue weighted by molar-refractivity contribution is 0.252. The van der Waals surface area contributed by atoms with Gasteiger partial charge in [-0.3, -0.25) is 5.32 Å². The summed E-state index contributed by atoms with van der Waals surface area (Å²) in [4.78, 5) is 15.9. The van der Waals surface area contributed by atoms with E-state index in [0.29, 0.717) is 12.4 Å². The average Bonchev–Trinajstić information content (AvgIpc) is 2.43. The molecule has 0 radical (unpaired) electrons. The number of anilines is 1. The maximum Gasteiger partial charge on any atom is 0.320 e. The van der Waals surface area contributed by atoms with Gasteiger partial charge in [0.1, 0.15) is 5.82 Å². The van der Waals surface area contributed by atoms with Crippen LogP contribution in [0, 0.1) is 13.8 Å². The summed E-state index contributed by atoms with van der Waals surface area (Å²) in [5, 5.41) is 5.59. The zero-order valence-electron chi connectivity index (χ0n) is 11.8. The van der Waals surface area contributed by atoms with Crippen LogP contribution in [0.4, 0.5) is 10.6 Å². The second-order valence-corrected chi connectivity index (χ2v) is 4.73. The van der Waals surface area contributed by atoms with Crippen LogP contribution in [0.15, 0.2) is 42.6 Å². The molecule has 2 aromatic rings. The van der Waals surface area contributed by atoms with E-state index >= 15 is 0 Å². The number of benzene rings is 1. The van der Waals surface area contributed by atoms with E-state index in [1.54, 1.807) is 6.20 Å². The molecule has 0 saturated heterocycles. The molecule has 104 valence electrons. The number of carbonyl (C=O) groups is 1. The number of urea groups is 1. The molecule has 0 aliphatic carbocycles. The van der Waals surface area contributed by atoms with Crippen LogP contribution in [0.3, 0.4) is 0 Å². The van der Waals surface area contributed by atoms with Gasteiger partial charge in [-0.25, -0.2) is 9.78 Å². The van der Waals surface area contributed by atoms with Gasteiger partial charge in [-0.1, -0.05) is 30.3 Å². The molecule has 0 aliphatic heterocycles. The van der Waals surface area contributed by atoms with Gasteiger partial charge in [-0.05, 0) is 43.0 Å². The minimum absolute atomic E-state index is 0.222. The van der Waals surface area contributed by atoms with E-state index in [-0.39, 0.29) is 6.03 Å². The monoisotopic (exact) mass is 269 g/mol. The van der Waals surface area contributed by atoms with E-state index in [1.165, 1.54) is 11.1 Å². The molecule has 0 spiro atoms. The summed E-state index contributed by atoms with van der Waals surface area (Å²) < 4.78 is 0. The Bertz CT molecular complexity index is 596. The lowest BCUT2D eigenvalue weighted by atomic mass is 10.1. The molecule has 20 heavy (non-hydrogen) atoms. The fourth-order valence-electron chi connectivity index (χ4n) is 1.97. The first-order valence-corrected chi connectivity index (χ1v) is 6.68. The third-order valence-electron chi connectivity index (χ3n) is 3.18. The summed E-state index contributed by atoms with van der Waals surface area (Å²) in [5.74, 6) is 0.598. The maximum absolute atomic E-state index is 11.8. The first-order chi connectivity index (χ1) is 9.66. The summed E-state index contributed by atoms with van der Waals surface area (Å²) >= 11 is 0. The standard InChI is InChI=1S/C16H19N3O/c1-12-6-3-4-8-14(12)9-11-18-16(20)19-15-13(2)7-5-10-17-15/h3-8,10H,9,11H2,1-2H3,(H2,17,18,19,20). The number of nitrogens with zero attached hydrogens (tertiary/aromatic N) is 1. The Morgan fingerprint density at radius 1 is 1.10 bits per heavy atom. The molecule has 4 heteroatoms. The largest absolute Gasteiger partial charge is 0.337 e. The summed E-state index contributed by atoms with van der Waals surface area (Å²) in [6.45, 7) is 4.59. The number of aromatic nitrogens is 1. The van der Waals surface area contributed by atoms with Crippen LogP contribution < -0.4 is 10.6 Å². The maximum atomic E-state index is 11.8. The van der Waals surface area contributed by atoms with Crippen LogP contribution in [-0.4, -0.2) is 17.6 Å². The lowest BCUT2D eigenvalue weighted by Crippen LogP contribution is -2.31. The molecule has 0 bridgehead atoms. The number of carbonyl (C=O) groups excluding carboxylic acids is 1. The van der Waals surface area contributed by atoms with E-state index in [2.05, 4.69) is 34.7 Å². The molecular weight excluding hydrogens is 250 g/mol. The lowest BCUT2D eigenvalue weighted by Gasteiger charge is -2.09. The normalized spacial score (nSPS) is 10.1. The molecule has 1 heterocycles. The molecule has 4 nitrogen and oxygen atoms in total. The molecule has 1 aromatic heterocycles. The summed E-state index contributed by atoms with van der Waals surface area (Å²) in [7, 11) is 0. The summed E-state index contributed by atoms with van der Waals surface area (Å²) in [5.41, 5.74) is 3.44.